The average molecular weight is 239 g/mol. The Balaban J connectivity index is 1.83. The highest BCUT2D eigenvalue weighted by Crippen LogP contribution is 2.25. The van der Waals surface area contributed by atoms with Crippen molar-refractivity contribution in [1.82, 2.24) is 4.98 Å². The van der Waals surface area contributed by atoms with Gasteiger partial charge in [0.1, 0.15) is 0 Å². The van der Waals surface area contributed by atoms with E-state index in [1.54, 1.807) is 6.20 Å². The molecule has 1 fully saturated rings. The summed E-state index contributed by atoms with van der Waals surface area (Å²) in [6.07, 6.45) is 4.09. The Kier molecular flexibility index (Phi) is 4.44. The molecule has 1 saturated heterocycles. The SMILES string of the molecule is NNc1ccnc(CSC2CCOCC2)c1. The molecule has 0 amide bonds. The third-order valence-electron chi connectivity index (χ3n) is 2.62. The zero-order valence-corrected chi connectivity index (χ0v) is 10.0. The van der Waals surface area contributed by atoms with Crippen molar-refractivity contribution in [1.29, 1.82) is 0 Å². The Morgan fingerprint density at radius 3 is 3.06 bits per heavy atom. The van der Waals surface area contributed by atoms with Gasteiger partial charge in [-0.3, -0.25) is 10.8 Å². The van der Waals surface area contributed by atoms with Crippen LogP contribution in [0.2, 0.25) is 0 Å². The van der Waals surface area contributed by atoms with Gasteiger partial charge in [-0.1, -0.05) is 0 Å². The van der Waals surface area contributed by atoms with E-state index >= 15 is 0 Å². The molecule has 2 rings (SSSR count). The molecule has 0 unspecified atom stereocenters. The van der Waals surface area contributed by atoms with Gasteiger partial charge < -0.3 is 10.2 Å². The number of anilines is 1. The number of nitrogens with one attached hydrogen (secondary N) is 1. The number of thioether (sulfide) groups is 1. The fourth-order valence-electron chi connectivity index (χ4n) is 1.69. The molecular formula is C11H17N3OS. The fraction of sp³-hybridized carbons (Fsp3) is 0.545. The number of ether oxygens (including phenoxy) is 1. The minimum Gasteiger partial charge on any atom is -0.381 e. The third-order valence-corrected chi connectivity index (χ3v) is 4.02. The Labute approximate surface area is 99.9 Å². The first kappa shape index (κ1) is 11.7. The summed E-state index contributed by atoms with van der Waals surface area (Å²) < 4.78 is 5.33. The lowest BCUT2D eigenvalue weighted by Gasteiger charge is -2.21. The number of nitrogens with two attached hydrogens (primary N) is 1. The van der Waals surface area contributed by atoms with Gasteiger partial charge in [0.15, 0.2) is 0 Å². The van der Waals surface area contributed by atoms with Gasteiger partial charge in [-0.15, -0.1) is 0 Å². The zero-order chi connectivity index (χ0) is 11.2. The van der Waals surface area contributed by atoms with Crippen LogP contribution in [0.3, 0.4) is 0 Å². The Hall–Kier alpha value is -0.780. The molecular weight excluding hydrogens is 222 g/mol. The van der Waals surface area contributed by atoms with E-state index in [1.165, 1.54) is 0 Å². The summed E-state index contributed by atoms with van der Waals surface area (Å²) in [5, 5.41) is 0.713. The van der Waals surface area contributed by atoms with E-state index < -0.39 is 0 Å². The largest absolute Gasteiger partial charge is 0.381 e. The minimum atomic E-state index is 0.713. The maximum absolute atomic E-state index is 5.36. The van der Waals surface area contributed by atoms with Gasteiger partial charge in [0.25, 0.3) is 0 Å². The molecule has 0 spiro atoms. The molecule has 0 bridgehead atoms. The number of rotatable bonds is 4. The predicted octanol–water partition coefficient (Wildman–Crippen LogP) is 1.78. The molecule has 5 heteroatoms. The molecule has 0 aliphatic carbocycles. The van der Waals surface area contributed by atoms with Crippen molar-refractivity contribution in [2.24, 2.45) is 5.84 Å². The number of aromatic nitrogens is 1. The summed E-state index contributed by atoms with van der Waals surface area (Å²) in [7, 11) is 0. The van der Waals surface area contributed by atoms with Crippen molar-refractivity contribution < 1.29 is 4.74 Å². The first-order valence-electron chi connectivity index (χ1n) is 5.49. The lowest BCUT2D eigenvalue weighted by atomic mass is 10.2. The van der Waals surface area contributed by atoms with Crippen LogP contribution < -0.4 is 11.3 Å². The van der Waals surface area contributed by atoms with Crippen molar-refractivity contribution in [2.75, 3.05) is 18.6 Å². The van der Waals surface area contributed by atoms with Gasteiger partial charge in [-0.05, 0) is 25.0 Å². The van der Waals surface area contributed by atoms with Crippen molar-refractivity contribution in [2.45, 2.75) is 23.8 Å². The van der Waals surface area contributed by atoms with Crippen LogP contribution in [0.25, 0.3) is 0 Å². The molecule has 16 heavy (non-hydrogen) atoms. The average Bonchev–Trinajstić information content (AvgIpc) is 2.38. The second kappa shape index (κ2) is 6.08. The maximum Gasteiger partial charge on any atom is 0.0523 e. The van der Waals surface area contributed by atoms with Crippen molar-refractivity contribution >= 4 is 17.4 Å². The van der Waals surface area contributed by atoms with Crippen LogP contribution in [0.1, 0.15) is 18.5 Å². The second-order valence-electron chi connectivity index (χ2n) is 3.80. The number of pyridine rings is 1. The van der Waals surface area contributed by atoms with E-state index in [0.29, 0.717) is 5.25 Å². The number of nitrogen functional groups attached to an aromatic ring is 1. The summed E-state index contributed by atoms with van der Waals surface area (Å²) in [5.41, 5.74) is 4.63. The van der Waals surface area contributed by atoms with Gasteiger partial charge in [0.05, 0.1) is 11.4 Å². The van der Waals surface area contributed by atoms with E-state index in [1.807, 2.05) is 23.9 Å². The Morgan fingerprint density at radius 2 is 2.31 bits per heavy atom. The van der Waals surface area contributed by atoms with Crippen molar-refractivity contribution in [3.8, 4) is 0 Å². The number of nitrogens with zero attached hydrogens (tertiary/aromatic N) is 1. The first-order valence-corrected chi connectivity index (χ1v) is 6.54. The topological polar surface area (TPSA) is 60.2 Å². The van der Waals surface area contributed by atoms with E-state index in [-0.39, 0.29) is 0 Å². The molecule has 0 aromatic carbocycles. The van der Waals surface area contributed by atoms with Gasteiger partial charge in [0.2, 0.25) is 0 Å². The molecule has 1 aromatic rings. The van der Waals surface area contributed by atoms with Gasteiger partial charge in [-0.25, -0.2) is 0 Å². The molecule has 88 valence electrons. The lowest BCUT2D eigenvalue weighted by molar-refractivity contribution is 0.1000. The highest BCUT2D eigenvalue weighted by molar-refractivity contribution is 7.99. The number of hydrogen-bond donors (Lipinski definition) is 2. The highest BCUT2D eigenvalue weighted by Gasteiger charge is 2.14. The molecule has 0 atom stereocenters. The molecule has 4 nitrogen and oxygen atoms in total. The van der Waals surface area contributed by atoms with E-state index in [9.17, 15) is 0 Å². The van der Waals surface area contributed by atoms with Crippen LogP contribution in [-0.4, -0.2) is 23.4 Å². The monoisotopic (exact) mass is 239 g/mol. The molecule has 2 heterocycles. The lowest BCUT2D eigenvalue weighted by Crippen LogP contribution is -2.17. The molecule has 3 N–H and O–H groups in total. The third kappa shape index (κ3) is 3.37. The number of hydrogen-bond acceptors (Lipinski definition) is 5. The van der Waals surface area contributed by atoms with Crippen molar-refractivity contribution in [3.05, 3.63) is 24.0 Å². The fourth-order valence-corrected chi connectivity index (χ4v) is 2.78. The van der Waals surface area contributed by atoms with Gasteiger partial charge in [0, 0.05) is 30.4 Å². The predicted molar refractivity (Wildman–Crippen MR) is 67.2 cm³/mol. The van der Waals surface area contributed by atoms with E-state index in [4.69, 9.17) is 10.6 Å². The summed E-state index contributed by atoms with van der Waals surface area (Å²) in [6.45, 7) is 1.80. The minimum absolute atomic E-state index is 0.713. The van der Waals surface area contributed by atoms with E-state index in [0.717, 1.165) is 43.2 Å². The maximum atomic E-state index is 5.36. The van der Waals surface area contributed by atoms with Crippen LogP contribution >= 0.6 is 11.8 Å². The Bertz CT molecular complexity index is 329. The highest BCUT2D eigenvalue weighted by atomic mass is 32.2. The van der Waals surface area contributed by atoms with E-state index in [2.05, 4.69) is 10.4 Å². The zero-order valence-electron chi connectivity index (χ0n) is 9.19. The van der Waals surface area contributed by atoms with Crippen LogP contribution in [0, 0.1) is 0 Å². The second-order valence-corrected chi connectivity index (χ2v) is 5.09. The smallest absolute Gasteiger partial charge is 0.0523 e. The first-order chi connectivity index (χ1) is 7.88. The van der Waals surface area contributed by atoms with Crippen molar-refractivity contribution in [3.63, 3.8) is 0 Å². The molecule has 1 aliphatic rings. The van der Waals surface area contributed by atoms with Crippen LogP contribution in [0.4, 0.5) is 5.69 Å². The molecule has 1 aromatic heterocycles. The van der Waals surface area contributed by atoms with Crippen LogP contribution in [-0.2, 0) is 10.5 Å². The molecule has 0 radical (unpaired) electrons. The number of hydrazine groups is 1. The molecule has 0 saturated carbocycles. The quantitative estimate of drug-likeness (QED) is 0.619. The normalized spacial score (nSPS) is 17.3. The Morgan fingerprint density at radius 1 is 1.50 bits per heavy atom. The van der Waals surface area contributed by atoms with Crippen LogP contribution in [0.5, 0.6) is 0 Å². The standard InChI is InChI=1S/C11H17N3OS/c12-14-9-1-4-13-10(7-9)8-16-11-2-5-15-6-3-11/h1,4,7,11H,2-3,5-6,8,12H2,(H,13,14). The van der Waals surface area contributed by atoms with Gasteiger partial charge in [-0.2, -0.15) is 11.8 Å². The molecule has 1 aliphatic heterocycles. The summed E-state index contributed by atoms with van der Waals surface area (Å²) in [4.78, 5) is 4.32. The van der Waals surface area contributed by atoms with Gasteiger partial charge >= 0.3 is 0 Å². The summed E-state index contributed by atoms with van der Waals surface area (Å²) >= 11 is 1.96. The van der Waals surface area contributed by atoms with Crippen LogP contribution in [0.15, 0.2) is 18.3 Å². The summed E-state index contributed by atoms with van der Waals surface area (Å²) in [6, 6.07) is 3.86. The summed E-state index contributed by atoms with van der Waals surface area (Å²) in [5.74, 6) is 6.30.